The lowest BCUT2D eigenvalue weighted by Crippen LogP contribution is -2.42. The van der Waals surface area contributed by atoms with Crippen molar-refractivity contribution in [3.8, 4) is 0 Å². The van der Waals surface area contributed by atoms with E-state index in [1.54, 1.807) is 0 Å². The Kier molecular flexibility index (Phi) is 20.5. The van der Waals surface area contributed by atoms with Crippen molar-refractivity contribution in [3.05, 3.63) is 35.9 Å². The van der Waals surface area contributed by atoms with Crippen molar-refractivity contribution in [2.45, 2.75) is 64.0 Å². The van der Waals surface area contributed by atoms with Gasteiger partial charge in [-0.2, -0.15) is 0 Å². The minimum atomic E-state index is -0.600. The molecule has 1 aromatic carbocycles. The molecule has 0 fully saturated rings. The second-order valence-electron chi connectivity index (χ2n) is 8.95. The molecule has 38 heavy (non-hydrogen) atoms. The van der Waals surface area contributed by atoms with E-state index in [4.69, 9.17) is 25.7 Å². The highest BCUT2D eigenvalue weighted by molar-refractivity contribution is 5.76. The molecule has 11 heteroatoms. The fourth-order valence-corrected chi connectivity index (χ4v) is 3.37. The van der Waals surface area contributed by atoms with Gasteiger partial charge in [0.15, 0.2) is 0 Å². The first-order valence-electron chi connectivity index (χ1n) is 13.6. The molecule has 0 saturated carbocycles. The van der Waals surface area contributed by atoms with E-state index < -0.39 is 12.1 Å². The van der Waals surface area contributed by atoms with Gasteiger partial charge in [-0.3, -0.25) is 9.59 Å². The number of unbranched alkanes of at least 4 members (excludes halogenated alkanes) is 4. The highest BCUT2D eigenvalue weighted by Crippen LogP contribution is 2.02. The van der Waals surface area contributed by atoms with Gasteiger partial charge in [0.05, 0.1) is 32.5 Å². The van der Waals surface area contributed by atoms with Gasteiger partial charge in [-0.1, -0.05) is 43.2 Å². The zero-order valence-corrected chi connectivity index (χ0v) is 22.6. The molecule has 7 N–H and O–H groups in total. The van der Waals surface area contributed by atoms with E-state index in [1.807, 2.05) is 30.3 Å². The van der Waals surface area contributed by atoms with Crippen LogP contribution in [0.25, 0.3) is 0 Å². The van der Waals surface area contributed by atoms with Crippen LogP contribution in [0.5, 0.6) is 0 Å². The minimum Gasteiger partial charge on any atom is -0.445 e. The van der Waals surface area contributed by atoms with E-state index in [0.29, 0.717) is 26.2 Å². The SMILES string of the molecule is NCCCCCNC(=O)CCOCC(COCCC(=O)NCCCCCN)NC(=O)OCc1ccccc1. The van der Waals surface area contributed by atoms with Crippen LogP contribution in [-0.4, -0.2) is 76.6 Å². The number of hydrogen-bond donors (Lipinski definition) is 5. The van der Waals surface area contributed by atoms with Crippen molar-refractivity contribution in [1.29, 1.82) is 0 Å². The number of carbonyl (C=O) groups excluding carboxylic acids is 3. The standard InChI is InChI=1S/C27H47N5O6/c28-14-6-2-8-16-30-25(33)12-18-36-21-24(32-27(35)38-20-23-10-4-1-5-11-23)22-37-19-13-26(34)31-17-9-3-7-15-29/h1,4-5,10-11,24H,2-3,6-9,12-22,28-29H2,(H,30,33)(H,31,34)(H,32,35). The zero-order valence-electron chi connectivity index (χ0n) is 22.6. The number of alkyl carbamates (subject to hydrolysis) is 1. The summed E-state index contributed by atoms with van der Waals surface area (Å²) in [7, 11) is 0. The maximum absolute atomic E-state index is 12.3. The molecule has 0 spiro atoms. The minimum absolute atomic E-state index is 0.0881. The topological polar surface area (TPSA) is 167 Å². The molecule has 1 aromatic rings. The van der Waals surface area contributed by atoms with Gasteiger partial charge in [0, 0.05) is 25.9 Å². The predicted octanol–water partition coefficient (Wildman–Crippen LogP) is 1.59. The number of amides is 3. The summed E-state index contributed by atoms with van der Waals surface area (Å²) >= 11 is 0. The highest BCUT2D eigenvalue weighted by Gasteiger charge is 2.15. The smallest absolute Gasteiger partial charge is 0.407 e. The van der Waals surface area contributed by atoms with Crippen molar-refractivity contribution in [1.82, 2.24) is 16.0 Å². The summed E-state index contributed by atoms with van der Waals surface area (Å²) < 4.78 is 16.5. The van der Waals surface area contributed by atoms with Crippen LogP contribution < -0.4 is 27.4 Å². The molecule has 0 heterocycles. The second kappa shape index (κ2) is 23.4. The molecule has 0 aliphatic carbocycles. The molecule has 0 unspecified atom stereocenters. The zero-order chi connectivity index (χ0) is 27.7. The third-order valence-corrected chi connectivity index (χ3v) is 5.53. The largest absolute Gasteiger partial charge is 0.445 e. The number of nitrogens with one attached hydrogen (secondary N) is 3. The summed E-state index contributed by atoms with van der Waals surface area (Å²) in [6, 6.07) is 8.85. The summed E-state index contributed by atoms with van der Waals surface area (Å²) in [6.45, 7) is 3.37. The van der Waals surface area contributed by atoms with E-state index in [1.165, 1.54) is 0 Å². The van der Waals surface area contributed by atoms with Crippen LogP contribution in [0.2, 0.25) is 0 Å². The lowest BCUT2D eigenvalue weighted by molar-refractivity contribution is -0.122. The number of carbonyl (C=O) groups is 3. The molecular formula is C27H47N5O6. The number of hydrogen-bond acceptors (Lipinski definition) is 8. The maximum atomic E-state index is 12.3. The third kappa shape index (κ3) is 19.4. The number of rotatable bonds is 23. The quantitative estimate of drug-likeness (QED) is 0.131. The Bertz CT molecular complexity index is 719. The first-order valence-corrected chi connectivity index (χ1v) is 13.6. The lowest BCUT2D eigenvalue weighted by Gasteiger charge is -2.19. The van der Waals surface area contributed by atoms with Crippen LogP contribution in [0.3, 0.4) is 0 Å². The molecule has 1 rings (SSSR count). The first-order chi connectivity index (χ1) is 18.5. The van der Waals surface area contributed by atoms with E-state index in [0.717, 1.165) is 44.1 Å². The van der Waals surface area contributed by atoms with Crippen molar-refractivity contribution < 1.29 is 28.6 Å². The number of benzene rings is 1. The van der Waals surface area contributed by atoms with Gasteiger partial charge < -0.3 is 41.6 Å². The predicted molar refractivity (Wildman–Crippen MR) is 146 cm³/mol. The molecule has 0 bridgehead atoms. The third-order valence-electron chi connectivity index (χ3n) is 5.53. The van der Waals surface area contributed by atoms with Crippen molar-refractivity contribution in [2.75, 3.05) is 52.6 Å². The molecule has 0 atom stereocenters. The average Bonchev–Trinajstić information content (AvgIpc) is 2.92. The van der Waals surface area contributed by atoms with Crippen molar-refractivity contribution in [3.63, 3.8) is 0 Å². The van der Waals surface area contributed by atoms with Crippen LogP contribution in [0, 0.1) is 0 Å². The lowest BCUT2D eigenvalue weighted by atomic mass is 10.2. The second-order valence-corrected chi connectivity index (χ2v) is 8.95. The summed E-state index contributed by atoms with van der Waals surface area (Å²) in [5.41, 5.74) is 11.8. The molecule has 0 radical (unpaired) electrons. The number of nitrogens with two attached hydrogens (primary N) is 2. The van der Waals surface area contributed by atoms with Gasteiger partial charge in [-0.25, -0.2) is 4.79 Å². The van der Waals surface area contributed by atoms with Crippen LogP contribution in [0.1, 0.15) is 56.9 Å². The van der Waals surface area contributed by atoms with E-state index in [9.17, 15) is 14.4 Å². The van der Waals surface area contributed by atoms with Gasteiger partial charge in [-0.15, -0.1) is 0 Å². The van der Waals surface area contributed by atoms with Gasteiger partial charge in [-0.05, 0) is 44.3 Å². The maximum Gasteiger partial charge on any atom is 0.407 e. The Hall–Kier alpha value is -2.73. The Morgan fingerprint density at radius 1 is 0.737 bits per heavy atom. The summed E-state index contributed by atoms with van der Waals surface area (Å²) in [4.78, 5) is 36.2. The van der Waals surface area contributed by atoms with E-state index >= 15 is 0 Å². The monoisotopic (exact) mass is 537 g/mol. The molecule has 216 valence electrons. The Balaban J connectivity index is 2.34. The van der Waals surface area contributed by atoms with Crippen LogP contribution in [-0.2, 0) is 30.4 Å². The normalized spacial score (nSPS) is 10.8. The molecule has 0 saturated heterocycles. The molecular weight excluding hydrogens is 490 g/mol. The molecule has 0 aliphatic heterocycles. The van der Waals surface area contributed by atoms with Gasteiger partial charge in [0.2, 0.25) is 11.8 Å². The Morgan fingerprint density at radius 3 is 1.76 bits per heavy atom. The first kappa shape index (κ1) is 33.3. The fraction of sp³-hybridized carbons (Fsp3) is 0.667. The summed E-state index contributed by atoms with van der Waals surface area (Å²) in [5, 5.41) is 8.45. The Labute approximate surface area is 226 Å². The molecule has 11 nitrogen and oxygen atoms in total. The molecule has 0 aliphatic rings. The van der Waals surface area contributed by atoms with Gasteiger partial charge in [0.1, 0.15) is 6.61 Å². The van der Waals surface area contributed by atoms with E-state index in [-0.39, 0.29) is 57.7 Å². The highest BCUT2D eigenvalue weighted by atomic mass is 16.6. The molecule has 3 amide bonds. The summed E-state index contributed by atoms with van der Waals surface area (Å²) in [5.74, 6) is -0.176. The molecule has 0 aromatic heterocycles. The van der Waals surface area contributed by atoms with Crippen LogP contribution >= 0.6 is 0 Å². The fourth-order valence-electron chi connectivity index (χ4n) is 3.37. The van der Waals surface area contributed by atoms with Gasteiger partial charge >= 0.3 is 6.09 Å². The summed E-state index contributed by atoms with van der Waals surface area (Å²) in [6.07, 6.45) is 5.48. The average molecular weight is 538 g/mol. The van der Waals surface area contributed by atoms with Crippen molar-refractivity contribution in [2.24, 2.45) is 11.5 Å². The van der Waals surface area contributed by atoms with E-state index in [2.05, 4.69) is 16.0 Å². The Morgan fingerprint density at radius 2 is 1.26 bits per heavy atom. The van der Waals surface area contributed by atoms with Crippen LogP contribution in [0.15, 0.2) is 30.3 Å². The van der Waals surface area contributed by atoms with Crippen molar-refractivity contribution >= 4 is 17.9 Å². The number of ether oxygens (including phenoxy) is 3. The van der Waals surface area contributed by atoms with Crippen LogP contribution in [0.4, 0.5) is 4.79 Å². The van der Waals surface area contributed by atoms with Gasteiger partial charge in [0.25, 0.3) is 0 Å².